The van der Waals surface area contributed by atoms with Crippen molar-refractivity contribution in [2.45, 2.75) is 6.61 Å². The maximum absolute atomic E-state index is 13.2. The molecule has 0 saturated heterocycles. The Labute approximate surface area is 246 Å². The van der Waals surface area contributed by atoms with Crippen LogP contribution in [-0.2, 0) is 6.61 Å². The summed E-state index contributed by atoms with van der Waals surface area (Å²) >= 11 is 7.03. The van der Waals surface area contributed by atoms with Crippen LogP contribution in [0.3, 0.4) is 0 Å². The smallest absolute Gasteiger partial charge is 0.272 e. The molecule has 1 heterocycles. The molecular formula is C30H20Br2N4O4. The molecule has 5 rings (SSSR count). The van der Waals surface area contributed by atoms with Crippen molar-refractivity contribution < 1.29 is 14.5 Å². The molecule has 40 heavy (non-hydrogen) atoms. The van der Waals surface area contributed by atoms with E-state index in [1.807, 2.05) is 54.6 Å². The van der Waals surface area contributed by atoms with Gasteiger partial charge in [-0.25, -0.2) is 10.4 Å². The summed E-state index contributed by atoms with van der Waals surface area (Å²) in [6, 6.07) is 28.7. The Kier molecular flexibility index (Phi) is 8.28. The average Bonchev–Trinajstić information content (AvgIpc) is 2.96. The Morgan fingerprint density at radius 1 is 0.950 bits per heavy atom. The second-order valence-electron chi connectivity index (χ2n) is 8.66. The number of fused-ring (bicyclic) bond motifs is 1. The number of amides is 1. The number of non-ortho nitro benzene ring substituents is 1. The van der Waals surface area contributed by atoms with E-state index in [1.165, 1.54) is 18.3 Å². The first-order chi connectivity index (χ1) is 19.4. The van der Waals surface area contributed by atoms with Gasteiger partial charge in [0.05, 0.1) is 36.9 Å². The minimum atomic E-state index is -0.443. The molecule has 4 aromatic carbocycles. The normalized spacial score (nSPS) is 11.1. The summed E-state index contributed by atoms with van der Waals surface area (Å²) in [7, 11) is 0. The number of hydrogen-bond donors (Lipinski definition) is 1. The number of carbonyl (C=O) groups excluding carboxylic acids is 1. The van der Waals surface area contributed by atoms with Crippen LogP contribution >= 0.6 is 31.9 Å². The van der Waals surface area contributed by atoms with E-state index in [2.05, 4.69) is 42.4 Å². The molecule has 0 radical (unpaired) electrons. The van der Waals surface area contributed by atoms with Crippen LogP contribution in [0.4, 0.5) is 5.69 Å². The molecule has 8 nitrogen and oxygen atoms in total. The fourth-order valence-corrected chi connectivity index (χ4v) is 5.46. The maximum atomic E-state index is 13.2. The average molecular weight is 660 g/mol. The Hall–Kier alpha value is -4.41. The Morgan fingerprint density at radius 2 is 1.62 bits per heavy atom. The van der Waals surface area contributed by atoms with Gasteiger partial charge < -0.3 is 4.74 Å². The van der Waals surface area contributed by atoms with Crippen molar-refractivity contribution in [2.24, 2.45) is 5.10 Å². The van der Waals surface area contributed by atoms with E-state index in [9.17, 15) is 14.9 Å². The van der Waals surface area contributed by atoms with Crippen LogP contribution in [0.1, 0.15) is 21.5 Å². The van der Waals surface area contributed by atoms with Gasteiger partial charge in [0.25, 0.3) is 11.6 Å². The van der Waals surface area contributed by atoms with Gasteiger partial charge >= 0.3 is 0 Å². The number of hydrazone groups is 1. The molecule has 0 fully saturated rings. The number of para-hydroxylation sites is 1. The highest BCUT2D eigenvalue weighted by molar-refractivity contribution is 9.11. The van der Waals surface area contributed by atoms with Gasteiger partial charge in [0.15, 0.2) is 0 Å². The van der Waals surface area contributed by atoms with Crippen molar-refractivity contribution in [3.63, 3.8) is 0 Å². The monoisotopic (exact) mass is 658 g/mol. The molecular weight excluding hydrogens is 640 g/mol. The van der Waals surface area contributed by atoms with Crippen molar-refractivity contribution >= 4 is 60.6 Å². The largest absolute Gasteiger partial charge is 0.487 e. The highest BCUT2D eigenvalue weighted by atomic mass is 79.9. The van der Waals surface area contributed by atoms with Gasteiger partial charge in [0.2, 0.25) is 0 Å². The molecule has 0 bridgehead atoms. The Morgan fingerprint density at radius 3 is 2.33 bits per heavy atom. The zero-order chi connectivity index (χ0) is 28.1. The number of benzene rings is 4. The number of nitrogens with one attached hydrogen (secondary N) is 1. The lowest BCUT2D eigenvalue weighted by Gasteiger charge is -2.11. The molecule has 0 aliphatic heterocycles. The third-order valence-corrected chi connectivity index (χ3v) is 7.14. The molecule has 1 amide bonds. The molecule has 0 aliphatic rings. The number of nitrogens with zero attached hydrogens (tertiary/aromatic N) is 3. The predicted molar refractivity (Wildman–Crippen MR) is 162 cm³/mol. The number of pyridine rings is 1. The van der Waals surface area contributed by atoms with Crippen LogP contribution in [0.2, 0.25) is 0 Å². The predicted octanol–water partition coefficient (Wildman–Crippen LogP) is 7.68. The lowest BCUT2D eigenvalue weighted by molar-refractivity contribution is -0.384. The molecule has 0 saturated carbocycles. The first kappa shape index (κ1) is 27.2. The molecule has 1 N–H and O–H groups in total. The van der Waals surface area contributed by atoms with Crippen LogP contribution in [-0.4, -0.2) is 22.0 Å². The first-order valence-electron chi connectivity index (χ1n) is 12.0. The molecule has 198 valence electrons. The first-order valence-corrected chi connectivity index (χ1v) is 13.6. The third-order valence-electron chi connectivity index (χ3n) is 5.96. The molecule has 1 aromatic heterocycles. The molecule has 0 aliphatic carbocycles. The third kappa shape index (κ3) is 6.24. The number of aromatic nitrogens is 1. The van der Waals surface area contributed by atoms with Gasteiger partial charge in [0.1, 0.15) is 12.4 Å². The number of nitro groups is 1. The lowest BCUT2D eigenvalue weighted by atomic mass is 10.0. The Balaban J connectivity index is 1.30. The number of ether oxygens (including phenoxy) is 1. The quantitative estimate of drug-likeness (QED) is 0.104. The summed E-state index contributed by atoms with van der Waals surface area (Å²) in [6.45, 7) is 0.226. The summed E-state index contributed by atoms with van der Waals surface area (Å²) in [4.78, 5) is 28.3. The van der Waals surface area contributed by atoms with Crippen molar-refractivity contribution in [2.75, 3.05) is 0 Å². The van der Waals surface area contributed by atoms with Gasteiger partial charge in [-0.1, -0.05) is 48.5 Å². The summed E-state index contributed by atoms with van der Waals surface area (Å²) in [6.07, 6.45) is 1.54. The second kappa shape index (κ2) is 12.2. The van der Waals surface area contributed by atoms with E-state index < -0.39 is 4.92 Å². The van der Waals surface area contributed by atoms with Crippen molar-refractivity contribution in [3.05, 3.63) is 133 Å². The second-order valence-corrected chi connectivity index (χ2v) is 10.4. The summed E-state index contributed by atoms with van der Waals surface area (Å²) in [5.74, 6) is 0.212. The van der Waals surface area contributed by atoms with Gasteiger partial charge in [-0.3, -0.25) is 14.9 Å². The number of rotatable bonds is 8. The van der Waals surface area contributed by atoms with Crippen molar-refractivity contribution in [1.82, 2.24) is 10.4 Å². The fourth-order valence-electron chi connectivity index (χ4n) is 4.01. The van der Waals surface area contributed by atoms with Crippen LogP contribution in [0.5, 0.6) is 5.75 Å². The highest BCUT2D eigenvalue weighted by Gasteiger charge is 2.14. The van der Waals surface area contributed by atoms with Crippen LogP contribution in [0.25, 0.3) is 22.2 Å². The van der Waals surface area contributed by atoms with Crippen LogP contribution in [0, 0.1) is 10.1 Å². The fraction of sp³-hybridized carbons (Fsp3) is 0.0333. The molecule has 0 atom stereocenters. The van der Waals surface area contributed by atoms with E-state index in [0.29, 0.717) is 31.5 Å². The zero-order valence-corrected chi connectivity index (χ0v) is 23.9. The van der Waals surface area contributed by atoms with Crippen LogP contribution in [0.15, 0.2) is 111 Å². The highest BCUT2D eigenvalue weighted by Crippen LogP contribution is 2.35. The number of halogens is 2. The van der Waals surface area contributed by atoms with Gasteiger partial charge in [0, 0.05) is 23.1 Å². The SMILES string of the molecule is O=C(N/N=C/c1cc(Br)c(OCc2ccc([N+](=O)[O-])cc2)c(Br)c1)c1cc(-c2ccccc2)nc2ccccc12. The van der Waals surface area contributed by atoms with Crippen molar-refractivity contribution in [1.29, 1.82) is 0 Å². The zero-order valence-electron chi connectivity index (χ0n) is 20.8. The van der Waals surface area contributed by atoms with E-state index in [4.69, 9.17) is 9.72 Å². The van der Waals surface area contributed by atoms with E-state index in [-0.39, 0.29) is 18.2 Å². The number of hydrogen-bond acceptors (Lipinski definition) is 6. The van der Waals surface area contributed by atoms with E-state index in [0.717, 1.165) is 22.0 Å². The Bertz CT molecular complexity index is 1720. The standard InChI is InChI=1S/C30H20Br2N4O4/c31-25-14-20(15-26(32)29(25)40-18-19-10-12-22(13-11-19)36(38)39)17-33-35-30(37)24-16-28(21-6-2-1-3-7-21)34-27-9-5-4-8-23(24)27/h1-17H,18H2,(H,35,37)/b33-17+. The molecule has 0 spiro atoms. The summed E-state index contributed by atoms with van der Waals surface area (Å²) in [5, 5.41) is 15.7. The van der Waals surface area contributed by atoms with E-state index >= 15 is 0 Å². The van der Waals surface area contributed by atoms with Gasteiger partial charge in [-0.15, -0.1) is 0 Å². The van der Waals surface area contributed by atoms with Gasteiger partial charge in [-0.2, -0.15) is 5.10 Å². The summed E-state index contributed by atoms with van der Waals surface area (Å²) in [5.41, 5.74) is 6.95. The number of carbonyl (C=O) groups is 1. The van der Waals surface area contributed by atoms with E-state index in [1.54, 1.807) is 30.3 Å². The van der Waals surface area contributed by atoms with Crippen molar-refractivity contribution in [3.8, 4) is 17.0 Å². The summed E-state index contributed by atoms with van der Waals surface area (Å²) < 4.78 is 7.26. The minimum absolute atomic E-state index is 0.0237. The molecule has 0 unspecified atom stereocenters. The number of nitro benzene ring substituents is 1. The van der Waals surface area contributed by atoms with Gasteiger partial charge in [-0.05, 0) is 79.4 Å². The molecule has 5 aromatic rings. The van der Waals surface area contributed by atoms with Crippen LogP contribution < -0.4 is 10.2 Å². The maximum Gasteiger partial charge on any atom is 0.272 e. The molecule has 10 heteroatoms. The topological polar surface area (TPSA) is 107 Å². The minimum Gasteiger partial charge on any atom is -0.487 e. The lowest BCUT2D eigenvalue weighted by Crippen LogP contribution is -2.18.